The van der Waals surface area contributed by atoms with Gasteiger partial charge in [0.2, 0.25) is 0 Å². The first kappa shape index (κ1) is 10.6. The first-order chi connectivity index (χ1) is 5.07. The Morgan fingerprint density at radius 3 is 2.27 bits per heavy atom. The molecule has 62 valence electrons. The maximum absolute atomic E-state index is 12.0. The highest BCUT2D eigenvalue weighted by molar-refractivity contribution is 9.11. The second kappa shape index (κ2) is 5.24. The molecule has 11 heavy (non-hydrogen) atoms. The second-order valence-corrected chi connectivity index (χ2v) is 3.18. The molecule has 0 unspecified atom stereocenters. The molecular weight excluding hydrogens is 214 g/mol. The van der Waals surface area contributed by atoms with Crippen LogP contribution in [0.3, 0.4) is 0 Å². The quantitative estimate of drug-likeness (QED) is 0.640. The average molecular weight is 223 g/mol. The molecule has 0 nitrogen and oxygen atoms in total. The molecule has 3 heteroatoms. The minimum absolute atomic E-state index is 0.0659. The lowest BCUT2D eigenvalue weighted by molar-refractivity contribution is 0.194. The number of alkyl halides is 2. The van der Waals surface area contributed by atoms with Crippen molar-refractivity contribution in [3.05, 3.63) is 34.9 Å². The summed E-state index contributed by atoms with van der Waals surface area (Å²) in [5.41, 5.74) is -0.0659. The maximum Gasteiger partial charge on any atom is 0.263 e. The molecule has 0 fully saturated rings. The summed E-state index contributed by atoms with van der Waals surface area (Å²) in [4.78, 5) is 0. The van der Waals surface area contributed by atoms with Gasteiger partial charge in [-0.25, -0.2) is 8.78 Å². The molecule has 0 bridgehead atoms. The maximum atomic E-state index is 12.0. The van der Waals surface area contributed by atoms with Gasteiger partial charge in [0, 0.05) is 5.57 Å². The van der Waals surface area contributed by atoms with Crippen LogP contribution in [0, 0.1) is 0 Å². The summed E-state index contributed by atoms with van der Waals surface area (Å²) < 4.78 is 24.7. The Hall–Kier alpha value is -0.440. The van der Waals surface area contributed by atoms with E-state index in [0.29, 0.717) is 0 Å². The fourth-order valence-electron chi connectivity index (χ4n) is 0.441. The van der Waals surface area contributed by atoms with Crippen molar-refractivity contribution in [2.24, 2.45) is 0 Å². The number of allylic oxidation sites excluding steroid dienone is 5. The molecule has 0 rings (SSSR count). The molecule has 0 aromatic carbocycles. The van der Waals surface area contributed by atoms with Gasteiger partial charge in [0.1, 0.15) is 0 Å². The molecule has 0 saturated carbocycles. The van der Waals surface area contributed by atoms with E-state index in [-0.39, 0.29) is 5.57 Å². The first-order valence-electron chi connectivity index (χ1n) is 3.02. The molecule has 0 amide bonds. The second-order valence-electron chi connectivity index (χ2n) is 1.92. The van der Waals surface area contributed by atoms with Crippen LogP contribution < -0.4 is 0 Å². The van der Waals surface area contributed by atoms with E-state index in [1.165, 1.54) is 6.08 Å². The minimum atomic E-state index is -2.45. The van der Waals surface area contributed by atoms with Gasteiger partial charge in [0.05, 0.1) is 0 Å². The average Bonchev–Trinajstić information content (AvgIpc) is 1.87. The monoisotopic (exact) mass is 222 g/mol. The Bertz CT molecular complexity index is 188. The fourth-order valence-corrected chi connectivity index (χ4v) is 0.573. The van der Waals surface area contributed by atoms with E-state index >= 15 is 0 Å². The standard InChI is InChI=1S/C8H9BrF2/c1-3-7(8(10)11)5-4-6(2)9/h3-5,8H,1H2,2H3/b6-4+,7-5+. The van der Waals surface area contributed by atoms with Crippen LogP contribution in [0.4, 0.5) is 8.78 Å². The van der Waals surface area contributed by atoms with Crippen molar-refractivity contribution < 1.29 is 8.78 Å². The molecule has 0 aromatic heterocycles. The summed E-state index contributed by atoms with van der Waals surface area (Å²) in [6.45, 7) is 5.03. The smallest absolute Gasteiger partial charge is 0.205 e. The molecule has 0 N–H and O–H groups in total. The lowest BCUT2D eigenvalue weighted by atomic mass is 10.2. The van der Waals surface area contributed by atoms with Gasteiger partial charge in [0.25, 0.3) is 6.43 Å². The highest BCUT2D eigenvalue weighted by Gasteiger charge is 2.04. The third-order valence-corrected chi connectivity index (χ3v) is 1.26. The topological polar surface area (TPSA) is 0 Å². The van der Waals surface area contributed by atoms with Gasteiger partial charge in [-0.15, -0.1) is 0 Å². The Balaban J connectivity index is 4.36. The first-order valence-corrected chi connectivity index (χ1v) is 3.81. The summed E-state index contributed by atoms with van der Waals surface area (Å²) in [6.07, 6.45) is 1.60. The van der Waals surface area contributed by atoms with Crippen LogP contribution in [0.15, 0.2) is 34.9 Å². The summed E-state index contributed by atoms with van der Waals surface area (Å²) in [5.74, 6) is 0. The summed E-state index contributed by atoms with van der Waals surface area (Å²) in [7, 11) is 0. The Labute approximate surface area is 73.4 Å². The van der Waals surface area contributed by atoms with Crippen molar-refractivity contribution in [3.63, 3.8) is 0 Å². The van der Waals surface area contributed by atoms with E-state index in [1.807, 2.05) is 0 Å². The van der Waals surface area contributed by atoms with Crippen molar-refractivity contribution in [1.82, 2.24) is 0 Å². The summed E-state index contributed by atoms with van der Waals surface area (Å²) in [5, 5.41) is 0. The normalized spacial score (nSPS) is 13.9. The molecule has 0 radical (unpaired) electrons. The van der Waals surface area contributed by atoms with Crippen molar-refractivity contribution >= 4 is 15.9 Å². The fraction of sp³-hybridized carbons (Fsp3) is 0.250. The molecule has 0 saturated heterocycles. The van der Waals surface area contributed by atoms with E-state index in [0.717, 1.165) is 10.6 Å². The largest absolute Gasteiger partial charge is 0.263 e. The zero-order valence-electron chi connectivity index (χ0n) is 6.15. The van der Waals surface area contributed by atoms with Crippen LogP contribution >= 0.6 is 15.9 Å². The van der Waals surface area contributed by atoms with Crippen molar-refractivity contribution in [2.45, 2.75) is 13.3 Å². The number of halogens is 3. The number of hydrogen-bond acceptors (Lipinski definition) is 0. The van der Waals surface area contributed by atoms with Crippen molar-refractivity contribution in [2.75, 3.05) is 0 Å². The van der Waals surface area contributed by atoms with E-state index < -0.39 is 6.43 Å². The van der Waals surface area contributed by atoms with Gasteiger partial charge >= 0.3 is 0 Å². The van der Waals surface area contributed by atoms with Crippen LogP contribution in [0.1, 0.15) is 6.92 Å². The van der Waals surface area contributed by atoms with E-state index in [4.69, 9.17) is 0 Å². The molecule has 0 aliphatic heterocycles. The zero-order chi connectivity index (χ0) is 8.85. The van der Waals surface area contributed by atoms with Gasteiger partial charge in [-0.3, -0.25) is 0 Å². The molecule has 0 spiro atoms. The molecule has 0 aliphatic carbocycles. The third kappa shape index (κ3) is 4.90. The Kier molecular flexibility index (Phi) is 5.03. The van der Waals surface area contributed by atoms with E-state index in [1.54, 1.807) is 13.0 Å². The van der Waals surface area contributed by atoms with Gasteiger partial charge in [-0.1, -0.05) is 40.7 Å². The molecular formula is C8H9BrF2. The Morgan fingerprint density at radius 1 is 1.45 bits per heavy atom. The molecule has 0 atom stereocenters. The number of hydrogen-bond donors (Lipinski definition) is 0. The lowest BCUT2D eigenvalue weighted by Gasteiger charge is -1.95. The lowest BCUT2D eigenvalue weighted by Crippen LogP contribution is -1.91. The van der Waals surface area contributed by atoms with Crippen LogP contribution in [0.2, 0.25) is 0 Å². The van der Waals surface area contributed by atoms with Crippen LogP contribution in [-0.4, -0.2) is 6.43 Å². The highest BCUT2D eigenvalue weighted by Crippen LogP contribution is 2.11. The van der Waals surface area contributed by atoms with Crippen molar-refractivity contribution in [3.8, 4) is 0 Å². The van der Waals surface area contributed by atoms with Gasteiger partial charge < -0.3 is 0 Å². The van der Waals surface area contributed by atoms with Crippen LogP contribution in [-0.2, 0) is 0 Å². The van der Waals surface area contributed by atoms with E-state index in [9.17, 15) is 8.78 Å². The van der Waals surface area contributed by atoms with Crippen molar-refractivity contribution in [1.29, 1.82) is 0 Å². The van der Waals surface area contributed by atoms with Gasteiger partial charge in [0.15, 0.2) is 0 Å². The molecule has 0 heterocycles. The van der Waals surface area contributed by atoms with Gasteiger partial charge in [-0.2, -0.15) is 0 Å². The van der Waals surface area contributed by atoms with Crippen LogP contribution in [0.25, 0.3) is 0 Å². The highest BCUT2D eigenvalue weighted by atomic mass is 79.9. The third-order valence-electron chi connectivity index (χ3n) is 0.993. The Morgan fingerprint density at radius 2 is 2.00 bits per heavy atom. The predicted molar refractivity (Wildman–Crippen MR) is 47.0 cm³/mol. The predicted octanol–water partition coefficient (Wildman–Crippen LogP) is 3.66. The minimum Gasteiger partial charge on any atom is -0.205 e. The molecule has 0 aromatic rings. The SMILES string of the molecule is C=C/C(=C\C=C(/C)Br)C(F)F. The number of rotatable bonds is 3. The summed E-state index contributed by atoms with van der Waals surface area (Å²) >= 11 is 3.12. The van der Waals surface area contributed by atoms with Crippen LogP contribution in [0.5, 0.6) is 0 Å². The molecule has 0 aliphatic rings. The van der Waals surface area contributed by atoms with Gasteiger partial charge in [-0.05, 0) is 11.4 Å². The zero-order valence-corrected chi connectivity index (χ0v) is 7.74. The summed E-state index contributed by atoms with van der Waals surface area (Å²) in [6, 6.07) is 0. The van der Waals surface area contributed by atoms with E-state index in [2.05, 4.69) is 22.5 Å².